The van der Waals surface area contributed by atoms with E-state index in [-0.39, 0.29) is 18.9 Å². The van der Waals surface area contributed by atoms with Crippen LogP contribution >= 0.6 is 0 Å². The second kappa shape index (κ2) is 34.4. The molecule has 0 bridgehead atoms. The molecule has 0 aliphatic carbocycles. The zero-order chi connectivity index (χ0) is 49.8. The van der Waals surface area contributed by atoms with Gasteiger partial charge in [-0.25, -0.2) is 0 Å². The lowest BCUT2D eigenvalue weighted by atomic mass is 9.96. The Bertz CT molecular complexity index is 1400. The molecule has 17 unspecified atom stereocenters. The van der Waals surface area contributed by atoms with E-state index in [1.807, 2.05) is 6.08 Å². The van der Waals surface area contributed by atoms with Gasteiger partial charge in [-0.2, -0.15) is 0 Å². The average Bonchev–Trinajstić information content (AvgIpc) is 3.33. The highest BCUT2D eigenvalue weighted by atomic mass is 16.8. The molecule has 0 aromatic carbocycles. The average molecular weight is 978 g/mol. The Balaban J connectivity index is 1.57. The lowest BCUT2D eigenvalue weighted by molar-refractivity contribution is -0.379. The van der Waals surface area contributed by atoms with Gasteiger partial charge in [0.2, 0.25) is 5.91 Å². The summed E-state index contributed by atoms with van der Waals surface area (Å²) in [6, 6.07) is -0.989. The van der Waals surface area contributed by atoms with E-state index >= 15 is 0 Å². The largest absolute Gasteiger partial charge is 0.394 e. The van der Waals surface area contributed by atoms with Crippen LogP contribution in [0.1, 0.15) is 136 Å². The molecule has 68 heavy (non-hydrogen) atoms. The number of hydrogen-bond donors (Lipinski definition) is 12. The van der Waals surface area contributed by atoms with E-state index in [0.717, 1.165) is 64.2 Å². The van der Waals surface area contributed by atoms with Gasteiger partial charge in [-0.05, 0) is 57.8 Å². The normalized spacial score (nSPS) is 33.5. The minimum atomic E-state index is -1.98. The maximum absolute atomic E-state index is 13.2. The van der Waals surface area contributed by atoms with Crippen molar-refractivity contribution in [2.45, 2.75) is 240 Å². The summed E-state index contributed by atoms with van der Waals surface area (Å²) in [5.74, 6) is -0.301. The molecule has 0 aromatic rings. The van der Waals surface area contributed by atoms with E-state index in [0.29, 0.717) is 12.8 Å². The fourth-order valence-electron chi connectivity index (χ4n) is 8.37. The fourth-order valence-corrected chi connectivity index (χ4v) is 8.37. The van der Waals surface area contributed by atoms with Gasteiger partial charge in [0.15, 0.2) is 18.9 Å². The number of carbonyl (C=O) groups is 1. The van der Waals surface area contributed by atoms with Crippen molar-refractivity contribution in [3.05, 3.63) is 36.5 Å². The Kier molecular flexibility index (Phi) is 30.5. The van der Waals surface area contributed by atoms with Crippen molar-refractivity contribution < 1.29 is 89.4 Å². The molecule has 0 spiro atoms. The van der Waals surface area contributed by atoms with Gasteiger partial charge in [0, 0.05) is 6.42 Å². The molecule has 3 heterocycles. The minimum absolute atomic E-state index is 0.224. The second-order valence-corrected chi connectivity index (χ2v) is 18.3. The number of aliphatic hydroxyl groups excluding tert-OH is 11. The summed E-state index contributed by atoms with van der Waals surface area (Å²) in [7, 11) is 0. The van der Waals surface area contributed by atoms with Crippen LogP contribution in [0, 0.1) is 0 Å². The smallest absolute Gasteiger partial charge is 0.220 e. The van der Waals surface area contributed by atoms with Crippen molar-refractivity contribution in [2.24, 2.45) is 0 Å². The second-order valence-electron chi connectivity index (χ2n) is 18.3. The van der Waals surface area contributed by atoms with Crippen LogP contribution in [0.5, 0.6) is 0 Å². The first-order chi connectivity index (χ1) is 32.8. The number of amides is 1. The molecule has 19 nitrogen and oxygen atoms in total. The van der Waals surface area contributed by atoms with Gasteiger partial charge in [0.05, 0.1) is 38.6 Å². The highest BCUT2D eigenvalue weighted by Gasteiger charge is 2.53. The molecule has 3 aliphatic rings. The molecule has 396 valence electrons. The maximum atomic E-state index is 13.2. The molecule has 3 aliphatic heterocycles. The van der Waals surface area contributed by atoms with E-state index in [1.165, 1.54) is 38.5 Å². The van der Waals surface area contributed by atoms with Crippen molar-refractivity contribution in [1.29, 1.82) is 0 Å². The number of aliphatic hydroxyl groups is 11. The number of nitrogens with one attached hydrogen (secondary N) is 1. The zero-order valence-corrected chi connectivity index (χ0v) is 40.3. The number of allylic oxidation sites excluding steroid dienone is 5. The van der Waals surface area contributed by atoms with Crippen LogP contribution in [0.4, 0.5) is 0 Å². The molecule has 0 radical (unpaired) electrons. The molecule has 0 aromatic heterocycles. The Hall–Kier alpha value is -1.99. The Morgan fingerprint density at radius 1 is 0.515 bits per heavy atom. The van der Waals surface area contributed by atoms with Crippen molar-refractivity contribution in [2.75, 3.05) is 26.4 Å². The van der Waals surface area contributed by atoms with Crippen LogP contribution in [-0.2, 0) is 33.2 Å². The van der Waals surface area contributed by atoms with Gasteiger partial charge < -0.3 is 89.9 Å². The third-order valence-corrected chi connectivity index (χ3v) is 12.7. The predicted molar refractivity (Wildman–Crippen MR) is 249 cm³/mol. The van der Waals surface area contributed by atoms with Crippen LogP contribution in [-0.4, -0.2) is 193 Å². The summed E-state index contributed by atoms with van der Waals surface area (Å²) >= 11 is 0. The van der Waals surface area contributed by atoms with Crippen LogP contribution in [0.15, 0.2) is 36.5 Å². The molecule has 3 rings (SSSR count). The van der Waals surface area contributed by atoms with E-state index in [4.69, 9.17) is 28.4 Å². The quantitative estimate of drug-likeness (QED) is 0.0321. The third-order valence-electron chi connectivity index (χ3n) is 12.7. The third kappa shape index (κ3) is 20.3. The summed E-state index contributed by atoms with van der Waals surface area (Å²) in [5, 5.41) is 119. The molecule has 3 saturated heterocycles. The first-order valence-electron chi connectivity index (χ1n) is 25.2. The van der Waals surface area contributed by atoms with Crippen molar-refractivity contribution in [1.82, 2.24) is 5.32 Å². The van der Waals surface area contributed by atoms with E-state index in [9.17, 15) is 61.0 Å². The van der Waals surface area contributed by atoms with Crippen LogP contribution < -0.4 is 5.32 Å². The highest BCUT2D eigenvalue weighted by Crippen LogP contribution is 2.33. The summed E-state index contributed by atoms with van der Waals surface area (Å²) in [6.07, 6.45) is 4.59. The first-order valence-corrected chi connectivity index (χ1v) is 25.2. The van der Waals surface area contributed by atoms with Crippen LogP contribution in [0.25, 0.3) is 0 Å². The van der Waals surface area contributed by atoms with Crippen LogP contribution in [0.2, 0.25) is 0 Å². The summed E-state index contributed by atoms with van der Waals surface area (Å²) in [4.78, 5) is 13.2. The van der Waals surface area contributed by atoms with E-state index < -0.39 is 124 Å². The van der Waals surface area contributed by atoms with Crippen molar-refractivity contribution in [3.63, 3.8) is 0 Å². The molecule has 0 saturated carbocycles. The Morgan fingerprint density at radius 2 is 0.941 bits per heavy atom. The number of carbonyl (C=O) groups excluding carboxylic acids is 1. The minimum Gasteiger partial charge on any atom is -0.394 e. The fraction of sp³-hybridized carbons (Fsp3) is 0.857. The van der Waals surface area contributed by atoms with Crippen molar-refractivity contribution >= 4 is 5.91 Å². The summed E-state index contributed by atoms with van der Waals surface area (Å²) in [6.45, 7) is 1.57. The molecule has 12 N–H and O–H groups in total. The molecule has 17 atom stereocenters. The van der Waals surface area contributed by atoms with Gasteiger partial charge in [-0.15, -0.1) is 0 Å². The molecular weight excluding hydrogens is 891 g/mol. The lowest BCUT2D eigenvalue weighted by Gasteiger charge is -2.48. The van der Waals surface area contributed by atoms with Gasteiger partial charge in [-0.1, -0.05) is 108 Å². The standard InChI is InChI=1S/C49H87NO18/c1-3-5-7-9-11-13-14-15-16-17-19-21-23-25-27-37(55)50-32(33(54)26-24-22-20-18-12-10-8-6-4-2)31-63-47-43(61)40(58)45(35(29-52)65-47)68-49-44(62)41(59)46(36(30-53)66-49)67-48-42(60)39(57)38(56)34(28-51)64-48/h12,14-15,18,24,26,32-36,38-49,51-54,56-62H,3-11,13,16-17,19-23,25,27-31H2,1-2H3,(H,50,55)/b15-14-,18-12+,26-24+. The van der Waals surface area contributed by atoms with Gasteiger partial charge >= 0.3 is 0 Å². The van der Waals surface area contributed by atoms with E-state index in [2.05, 4.69) is 43.5 Å². The Morgan fingerprint density at radius 3 is 1.50 bits per heavy atom. The monoisotopic (exact) mass is 978 g/mol. The zero-order valence-electron chi connectivity index (χ0n) is 40.3. The van der Waals surface area contributed by atoms with E-state index in [1.54, 1.807) is 6.08 Å². The van der Waals surface area contributed by atoms with Crippen LogP contribution in [0.3, 0.4) is 0 Å². The highest BCUT2D eigenvalue weighted by molar-refractivity contribution is 5.76. The first kappa shape index (κ1) is 60.3. The molecule has 19 heteroatoms. The maximum Gasteiger partial charge on any atom is 0.220 e. The SMILES string of the molecule is CCCCC/C=C/CC/C=C/C(O)C(COC1OC(CO)C(OC2OC(CO)C(OC3OC(CO)C(O)C(O)C3O)C(O)C2O)C(O)C1O)NC(=O)CCCCCCC/C=C\CCCCCCC. The summed E-state index contributed by atoms with van der Waals surface area (Å²) in [5.41, 5.74) is 0. The summed E-state index contributed by atoms with van der Waals surface area (Å²) < 4.78 is 34.0. The predicted octanol–water partition coefficient (Wildman–Crippen LogP) is 1.42. The molecule has 1 amide bonds. The Labute approximate surface area is 402 Å². The van der Waals surface area contributed by atoms with Crippen molar-refractivity contribution in [3.8, 4) is 0 Å². The topological polar surface area (TPSA) is 307 Å². The van der Waals surface area contributed by atoms with Gasteiger partial charge in [-0.3, -0.25) is 4.79 Å². The van der Waals surface area contributed by atoms with Gasteiger partial charge in [0.1, 0.15) is 73.2 Å². The number of rotatable bonds is 34. The van der Waals surface area contributed by atoms with Gasteiger partial charge in [0.25, 0.3) is 0 Å². The number of ether oxygens (including phenoxy) is 6. The lowest BCUT2D eigenvalue weighted by Crippen LogP contribution is -2.66. The number of unbranched alkanes of at least 4 members (excludes halogenated alkanes) is 14. The molecule has 3 fully saturated rings. The molecular formula is C49H87NO18. The number of hydrogen-bond acceptors (Lipinski definition) is 18.